The second-order valence-electron chi connectivity index (χ2n) is 14.6. The Morgan fingerprint density at radius 2 is 1.50 bits per heavy atom. The quantitative estimate of drug-likeness (QED) is 0.210. The van der Waals surface area contributed by atoms with Gasteiger partial charge in [-0.05, 0) is 98.9 Å². The minimum absolute atomic E-state index is 0.00124. The Bertz CT molecular complexity index is 1120. The van der Waals surface area contributed by atoms with Crippen LogP contribution in [-0.2, 0) is 28.6 Å². The van der Waals surface area contributed by atoms with Gasteiger partial charge in [0.2, 0.25) is 0 Å². The van der Waals surface area contributed by atoms with Crippen molar-refractivity contribution >= 4 is 17.9 Å². The summed E-state index contributed by atoms with van der Waals surface area (Å²) in [4.78, 5) is 35.3. The van der Waals surface area contributed by atoms with Crippen LogP contribution in [0.3, 0.4) is 0 Å². The first-order chi connectivity index (χ1) is 19.3. The van der Waals surface area contributed by atoms with Crippen molar-refractivity contribution in [3.8, 4) is 0 Å². The van der Waals surface area contributed by atoms with Gasteiger partial charge in [0.15, 0.2) is 5.60 Å². The van der Waals surface area contributed by atoms with E-state index in [9.17, 15) is 14.4 Å². The third kappa shape index (κ3) is 5.74. The first kappa shape index (κ1) is 32.8. The molecule has 3 saturated carbocycles. The van der Waals surface area contributed by atoms with Gasteiger partial charge >= 0.3 is 17.9 Å². The molecule has 6 nitrogen and oxygen atoms in total. The highest BCUT2D eigenvalue weighted by Crippen LogP contribution is 2.68. The molecule has 0 amide bonds. The number of carbonyl (C=O) groups is 3. The van der Waals surface area contributed by atoms with E-state index in [0.29, 0.717) is 6.42 Å². The number of halogens is 3. The van der Waals surface area contributed by atoms with Gasteiger partial charge in [-0.15, -0.1) is 0 Å². The Morgan fingerprint density at radius 1 is 0.905 bits per heavy atom. The van der Waals surface area contributed by atoms with Gasteiger partial charge in [0.25, 0.3) is 5.92 Å². The zero-order valence-electron chi connectivity index (χ0n) is 26.5. The zero-order valence-corrected chi connectivity index (χ0v) is 26.5. The van der Waals surface area contributed by atoms with Gasteiger partial charge in [-0.25, -0.2) is 13.2 Å². The molecule has 9 atom stereocenters. The van der Waals surface area contributed by atoms with Gasteiger partial charge in [-0.3, -0.25) is 14.4 Å². The number of allylic oxidation sites excluding steroid dienone is 2. The molecule has 0 aliphatic heterocycles. The van der Waals surface area contributed by atoms with Gasteiger partial charge < -0.3 is 14.2 Å². The van der Waals surface area contributed by atoms with Crippen molar-refractivity contribution in [1.82, 2.24) is 0 Å². The summed E-state index contributed by atoms with van der Waals surface area (Å²) in [5.41, 5.74) is -1.50. The predicted octanol–water partition coefficient (Wildman–Crippen LogP) is 7.73. The molecule has 42 heavy (non-hydrogen) atoms. The Balaban J connectivity index is 1.56. The molecule has 0 N–H and O–H groups in total. The molecule has 0 radical (unpaired) electrons. The lowest BCUT2D eigenvalue weighted by molar-refractivity contribution is -0.202. The fourth-order valence-electron chi connectivity index (χ4n) is 9.55. The maximum atomic E-state index is 16.3. The van der Waals surface area contributed by atoms with E-state index >= 15 is 13.2 Å². The summed E-state index contributed by atoms with van der Waals surface area (Å²) in [6.07, 6.45) is 3.39. The molecule has 4 rings (SSSR count). The van der Waals surface area contributed by atoms with Crippen LogP contribution in [0.25, 0.3) is 0 Å². The number of rotatable bonds is 8. The summed E-state index contributed by atoms with van der Waals surface area (Å²) in [7, 11) is 0. The number of carbonyl (C=O) groups excluding carboxylic acids is 3. The third-order valence-corrected chi connectivity index (χ3v) is 11.7. The van der Waals surface area contributed by atoms with Crippen molar-refractivity contribution in [1.29, 1.82) is 0 Å². The minimum Gasteiger partial charge on any atom is -0.459 e. The van der Waals surface area contributed by atoms with Crippen LogP contribution in [-0.4, -0.2) is 41.6 Å². The van der Waals surface area contributed by atoms with Crippen molar-refractivity contribution in [2.45, 2.75) is 137 Å². The normalized spacial score (nSPS) is 37.2. The molecule has 0 aromatic rings. The number of hydrogen-bond donors (Lipinski definition) is 0. The van der Waals surface area contributed by atoms with Crippen LogP contribution < -0.4 is 0 Å². The van der Waals surface area contributed by atoms with Crippen molar-refractivity contribution in [2.75, 3.05) is 0 Å². The molecule has 238 valence electrons. The molecule has 0 aromatic heterocycles. The van der Waals surface area contributed by atoms with E-state index in [1.807, 2.05) is 6.92 Å². The van der Waals surface area contributed by atoms with Gasteiger partial charge in [0.05, 0.1) is 0 Å². The number of hydrogen-bond acceptors (Lipinski definition) is 6. The zero-order chi connectivity index (χ0) is 31.4. The molecule has 4 aliphatic carbocycles. The summed E-state index contributed by atoms with van der Waals surface area (Å²) < 4.78 is 62.8. The van der Waals surface area contributed by atoms with Crippen LogP contribution in [0.2, 0.25) is 0 Å². The van der Waals surface area contributed by atoms with Crippen molar-refractivity contribution in [2.24, 2.45) is 40.4 Å². The monoisotopic (exact) mass is 598 g/mol. The first-order valence-electron chi connectivity index (χ1n) is 15.6. The lowest BCUT2D eigenvalue weighted by Crippen LogP contribution is -2.57. The first-order valence-corrected chi connectivity index (χ1v) is 15.6. The second-order valence-corrected chi connectivity index (χ2v) is 14.6. The maximum absolute atomic E-state index is 16.3. The van der Waals surface area contributed by atoms with Crippen LogP contribution >= 0.6 is 0 Å². The van der Waals surface area contributed by atoms with Crippen LogP contribution in [0, 0.1) is 40.4 Å². The summed E-state index contributed by atoms with van der Waals surface area (Å²) >= 11 is 0. The van der Waals surface area contributed by atoms with Gasteiger partial charge in [-0.1, -0.05) is 20.8 Å². The largest absolute Gasteiger partial charge is 0.459 e. The second kappa shape index (κ2) is 11.5. The number of alkyl halides is 2. The Hall–Kier alpha value is -2.06. The Labute approximate surface area is 248 Å². The molecule has 4 aliphatic rings. The van der Waals surface area contributed by atoms with E-state index < -0.39 is 41.6 Å². The van der Waals surface area contributed by atoms with Crippen molar-refractivity contribution in [3.63, 3.8) is 0 Å². The molecular formula is C33H49F3O6. The average molecular weight is 599 g/mol. The summed E-state index contributed by atoms with van der Waals surface area (Å²) in [6, 6.07) is 0. The molecular weight excluding hydrogens is 549 g/mol. The number of ether oxygens (including phenoxy) is 3. The Kier molecular flexibility index (Phi) is 8.96. The molecule has 0 spiro atoms. The third-order valence-electron chi connectivity index (χ3n) is 11.7. The topological polar surface area (TPSA) is 78.9 Å². The molecule has 0 saturated heterocycles. The van der Waals surface area contributed by atoms with E-state index in [1.54, 1.807) is 0 Å². The lowest BCUT2D eigenvalue weighted by atomic mass is 9.47. The van der Waals surface area contributed by atoms with E-state index in [2.05, 4.69) is 13.8 Å². The SMILES string of the molecule is CC(=O)O[C@H]1[C@@H](OC(C)=O)CC[C@]2(C)[C@H]3CC[C@]4(C)[C@@H]([C@H](C)CCC(F)(F)C(C)(C)OC(C)=O)CC[C@H]4C3=C(F)C[C@@H]12. The Morgan fingerprint density at radius 3 is 2.10 bits per heavy atom. The highest BCUT2D eigenvalue weighted by atomic mass is 19.3. The fraction of sp³-hybridized carbons (Fsp3) is 0.848. The van der Waals surface area contributed by atoms with Gasteiger partial charge in [0, 0.05) is 39.5 Å². The van der Waals surface area contributed by atoms with Crippen molar-refractivity contribution in [3.05, 3.63) is 11.4 Å². The van der Waals surface area contributed by atoms with Crippen LogP contribution in [0.1, 0.15) is 113 Å². The highest BCUT2D eigenvalue weighted by molar-refractivity contribution is 5.67. The smallest absolute Gasteiger partial charge is 0.303 e. The van der Waals surface area contributed by atoms with E-state index in [-0.39, 0.29) is 65.5 Å². The van der Waals surface area contributed by atoms with Crippen molar-refractivity contribution < 1.29 is 41.8 Å². The molecule has 0 unspecified atom stereocenters. The fourth-order valence-corrected chi connectivity index (χ4v) is 9.55. The van der Waals surface area contributed by atoms with Gasteiger partial charge in [-0.2, -0.15) is 0 Å². The highest BCUT2D eigenvalue weighted by Gasteiger charge is 2.62. The van der Waals surface area contributed by atoms with Gasteiger partial charge in [0.1, 0.15) is 18.0 Å². The summed E-state index contributed by atoms with van der Waals surface area (Å²) in [5.74, 6) is -5.04. The number of fused-ring (bicyclic) bond motifs is 5. The maximum Gasteiger partial charge on any atom is 0.303 e. The molecule has 3 fully saturated rings. The summed E-state index contributed by atoms with van der Waals surface area (Å²) in [6.45, 7) is 12.7. The lowest BCUT2D eigenvalue weighted by Gasteiger charge is -2.59. The molecule has 0 bridgehead atoms. The standard InChI is InChI=1S/C33H49F3O6/c1-18(11-16-33(35,36)30(5,6)42-21(4)39)22-9-10-23-28-24(12-14-31(22,23)7)32(8)15-13-27(40-19(2)37)29(41-20(3)38)25(32)17-26(28)34/h18,22-25,27,29H,9-17H2,1-8H3/t18-,22-,23+,24+,25+,27+,29-,31-,32-/m1/s1. The average Bonchev–Trinajstić information content (AvgIpc) is 3.21. The number of esters is 3. The van der Waals surface area contributed by atoms with E-state index in [0.717, 1.165) is 44.6 Å². The van der Waals surface area contributed by atoms with Crippen LogP contribution in [0.5, 0.6) is 0 Å². The molecule has 0 aromatic carbocycles. The van der Waals surface area contributed by atoms with E-state index in [1.165, 1.54) is 27.7 Å². The van der Waals surface area contributed by atoms with E-state index in [4.69, 9.17) is 14.2 Å². The predicted molar refractivity (Wildman–Crippen MR) is 151 cm³/mol. The van der Waals surface area contributed by atoms with Crippen LogP contribution in [0.15, 0.2) is 11.4 Å². The molecule has 0 heterocycles. The minimum atomic E-state index is -3.17. The molecule has 9 heteroatoms. The summed E-state index contributed by atoms with van der Waals surface area (Å²) in [5, 5.41) is 0. The van der Waals surface area contributed by atoms with Crippen LogP contribution in [0.4, 0.5) is 13.2 Å².